The van der Waals surface area contributed by atoms with Gasteiger partial charge in [-0.25, -0.2) is 4.98 Å². The van der Waals surface area contributed by atoms with Crippen LogP contribution >= 0.6 is 0 Å². The van der Waals surface area contributed by atoms with Gasteiger partial charge in [-0.05, 0) is 30.3 Å². The summed E-state index contributed by atoms with van der Waals surface area (Å²) in [5.41, 5.74) is 2.43. The van der Waals surface area contributed by atoms with Crippen molar-refractivity contribution >= 4 is 16.9 Å². The van der Waals surface area contributed by atoms with Crippen LogP contribution in [0.3, 0.4) is 0 Å². The average Bonchev–Trinajstić information content (AvgIpc) is 3.16. The van der Waals surface area contributed by atoms with Crippen molar-refractivity contribution in [2.75, 3.05) is 20.2 Å². The number of rotatable bonds is 4. The van der Waals surface area contributed by atoms with E-state index in [2.05, 4.69) is 9.97 Å². The van der Waals surface area contributed by atoms with E-state index in [4.69, 9.17) is 9.47 Å². The number of amides is 1. The molecule has 134 valence electrons. The molecule has 2 heterocycles. The first-order valence-electron chi connectivity index (χ1n) is 8.76. The minimum atomic E-state index is 0.0530. The van der Waals surface area contributed by atoms with E-state index in [9.17, 15) is 4.79 Å². The molecule has 1 aliphatic rings. The molecule has 2 aromatic carbocycles. The molecular weight excluding hydrogens is 330 g/mol. The van der Waals surface area contributed by atoms with Gasteiger partial charge >= 0.3 is 0 Å². The number of piperidine rings is 1. The van der Waals surface area contributed by atoms with Crippen molar-refractivity contribution in [3.8, 4) is 11.5 Å². The average molecular weight is 351 g/mol. The zero-order valence-corrected chi connectivity index (χ0v) is 14.6. The largest absolute Gasteiger partial charge is 0.493 e. The van der Waals surface area contributed by atoms with Crippen molar-refractivity contribution in [3.63, 3.8) is 0 Å². The Balaban J connectivity index is 1.39. The van der Waals surface area contributed by atoms with E-state index in [1.54, 1.807) is 13.4 Å². The van der Waals surface area contributed by atoms with Gasteiger partial charge in [0.05, 0.1) is 24.5 Å². The van der Waals surface area contributed by atoms with Crippen molar-refractivity contribution in [2.45, 2.75) is 18.9 Å². The molecule has 3 aromatic rings. The number of methoxy groups -OCH3 is 1. The Morgan fingerprint density at radius 3 is 2.69 bits per heavy atom. The number of nitrogens with one attached hydrogen (secondary N) is 1. The van der Waals surface area contributed by atoms with Gasteiger partial charge in [-0.3, -0.25) is 4.79 Å². The summed E-state index contributed by atoms with van der Waals surface area (Å²) >= 11 is 0. The normalized spacial score (nSPS) is 15.2. The Bertz CT molecular complexity index is 913. The number of imidazole rings is 1. The highest BCUT2D eigenvalue weighted by molar-refractivity contribution is 5.97. The number of carbonyl (C=O) groups is 1. The van der Waals surface area contributed by atoms with Crippen molar-refractivity contribution in [3.05, 3.63) is 54.4 Å². The van der Waals surface area contributed by atoms with Gasteiger partial charge in [0.15, 0.2) is 11.5 Å². The van der Waals surface area contributed by atoms with Crippen molar-refractivity contribution in [1.82, 2.24) is 14.9 Å². The number of para-hydroxylation sites is 2. The lowest BCUT2D eigenvalue weighted by molar-refractivity contribution is 0.0590. The Morgan fingerprint density at radius 2 is 1.92 bits per heavy atom. The number of H-pyrrole nitrogens is 1. The van der Waals surface area contributed by atoms with Gasteiger partial charge in [-0.1, -0.05) is 12.1 Å². The number of hydrogen-bond donors (Lipinski definition) is 1. The van der Waals surface area contributed by atoms with Crippen LogP contribution in [0.4, 0.5) is 0 Å². The standard InChI is InChI=1S/C20H21N3O3/c1-25-18-4-2-3-5-19(18)26-15-8-10-23(11-9-15)20(24)14-6-7-16-17(12-14)22-13-21-16/h2-7,12-13,15H,8-11H2,1H3,(H,21,22). The lowest BCUT2D eigenvalue weighted by Gasteiger charge is -2.32. The van der Waals surface area contributed by atoms with Crippen LogP contribution in [0.25, 0.3) is 11.0 Å². The van der Waals surface area contributed by atoms with Crippen LogP contribution in [0, 0.1) is 0 Å². The van der Waals surface area contributed by atoms with Gasteiger partial charge in [0, 0.05) is 31.5 Å². The van der Waals surface area contributed by atoms with Crippen LogP contribution in [0.15, 0.2) is 48.8 Å². The second kappa shape index (κ2) is 7.07. The Hall–Kier alpha value is -3.02. The summed E-state index contributed by atoms with van der Waals surface area (Å²) in [4.78, 5) is 21.9. The van der Waals surface area contributed by atoms with Crippen molar-refractivity contribution in [2.24, 2.45) is 0 Å². The van der Waals surface area contributed by atoms with Gasteiger partial charge in [0.1, 0.15) is 6.10 Å². The number of carbonyl (C=O) groups excluding carboxylic acids is 1. The van der Waals surface area contributed by atoms with E-state index in [-0.39, 0.29) is 12.0 Å². The first-order chi connectivity index (χ1) is 12.7. The Kier molecular flexibility index (Phi) is 4.48. The highest BCUT2D eigenvalue weighted by Gasteiger charge is 2.25. The Labute approximate surface area is 151 Å². The van der Waals surface area contributed by atoms with Gasteiger partial charge in [0.25, 0.3) is 5.91 Å². The van der Waals surface area contributed by atoms with Crippen LogP contribution < -0.4 is 9.47 Å². The number of aromatic amines is 1. The van der Waals surface area contributed by atoms with Gasteiger partial charge in [0.2, 0.25) is 0 Å². The molecular formula is C20H21N3O3. The Morgan fingerprint density at radius 1 is 1.15 bits per heavy atom. The van der Waals surface area contributed by atoms with Crippen molar-refractivity contribution in [1.29, 1.82) is 0 Å². The fourth-order valence-corrected chi connectivity index (χ4v) is 3.32. The number of hydrogen-bond acceptors (Lipinski definition) is 4. The molecule has 0 aliphatic carbocycles. The first-order valence-corrected chi connectivity index (χ1v) is 8.76. The molecule has 0 spiro atoms. The summed E-state index contributed by atoms with van der Waals surface area (Å²) in [5, 5.41) is 0. The van der Waals surface area contributed by atoms with Crippen LogP contribution in [0.2, 0.25) is 0 Å². The van der Waals surface area contributed by atoms with E-state index >= 15 is 0 Å². The predicted molar refractivity (Wildman–Crippen MR) is 98.6 cm³/mol. The van der Waals surface area contributed by atoms with E-state index in [0.29, 0.717) is 18.7 Å². The van der Waals surface area contributed by atoms with E-state index in [0.717, 1.165) is 35.4 Å². The van der Waals surface area contributed by atoms with Crippen LogP contribution in [-0.4, -0.2) is 47.1 Å². The van der Waals surface area contributed by atoms with E-state index in [1.807, 2.05) is 47.4 Å². The fraction of sp³-hybridized carbons (Fsp3) is 0.300. The molecule has 26 heavy (non-hydrogen) atoms. The molecule has 6 heteroatoms. The molecule has 0 radical (unpaired) electrons. The molecule has 6 nitrogen and oxygen atoms in total. The van der Waals surface area contributed by atoms with Crippen LogP contribution in [-0.2, 0) is 0 Å². The summed E-state index contributed by atoms with van der Waals surface area (Å²) in [6.07, 6.45) is 3.33. The lowest BCUT2D eigenvalue weighted by atomic mass is 10.1. The zero-order chi connectivity index (χ0) is 17.9. The highest BCUT2D eigenvalue weighted by Crippen LogP contribution is 2.29. The maximum atomic E-state index is 12.8. The minimum Gasteiger partial charge on any atom is -0.493 e. The fourth-order valence-electron chi connectivity index (χ4n) is 3.32. The molecule has 4 rings (SSSR count). The molecule has 1 N–H and O–H groups in total. The molecule has 1 aliphatic heterocycles. The third-order valence-electron chi connectivity index (χ3n) is 4.76. The van der Waals surface area contributed by atoms with Gasteiger partial charge < -0.3 is 19.4 Å². The third-order valence-corrected chi connectivity index (χ3v) is 4.76. The van der Waals surface area contributed by atoms with Crippen LogP contribution in [0.5, 0.6) is 11.5 Å². The topological polar surface area (TPSA) is 67.5 Å². The highest BCUT2D eigenvalue weighted by atomic mass is 16.5. The molecule has 0 saturated carbocycles. The summed E-state index contributed by atoms with van der Waals surface area (Å²) in [5.74, 6) is 1.54. The minimum absolute atomic E-state index is 0.0530. The number of benzene rings is 2. The van der Waals surface area contributed by atoms with E-state index < -0.39 is 0 Å². The number of ether oxygens (including phenoxy) is 2. The molecule has 1 amide bonds. The van der Waals surface area contributed by atoms with Gasteiger partial charge in [-0.15, -0.1) is 0 Å². The molecule has 0 bridgehead atoms. The maximum absolute atomic E-state index is 12.8. The summed E-state index contributed by atoms with van der Waals surface area (Å²) in [6.45, 7) is 1.36. The number of aromatic nitrogens is 2. The molecule has 0 atom stereocenters. The number of fused-ring (bicyclic) bond motifs is 1. The molecule has 1 saturated heterocycles. The third kappa shape index (κ3) is 3.22. The summed E-state index contributed by atoms with van der Waals surface area (Å²) < 4.78 is 11.4. The molecule has 1 fully saturated rings. The first kappa shape index (κ1) is 16.4. The van der Waals surface area contributed by atoms with Crippen molar-refractivity contribution < 1.29 is 14.3 Å². The quantitative estimate of drug-likeness (QED) is 0.783. The smallest absolute Gasteiger partial charge is 0.253 e. The summed E-state index contributed by atoms with van der Waals surface area (Å²) in [6, 6.07) is 13.2. The molecule has 1 aromatic heterocycles. The molecule has 0 unspecified atom stereocenters. The second-order valence-electron chi connectivity index (χ2n) is 6.39. The lowest BCUT2D eigenvalue weighted by Crippen LogP contribution is -2.41. The monoisotopic (exact) mass is 351 g/mol. The predicted octanol–water partition coefficient (Wildman–Crippen LogP) is 3.26. The summed E-state index contributed by atoms with van der Waals surface area (Å²) in [7, 11) is 1.64. The van der Waals surface area contributed by atoms with E-state index in [1.165, 1.54) is 0 Å². The number of likely N-dealkylation sites (tertiary alicyclic amines) is 1. The van der Waals surface area contributed by atoms with Gasteiger partial charge in [-0.2, -0.15) is 0 Å². The maximum Gasteiger partial charge on any atom is 0.253 e. The number of nitrogens with zero attached hydrogens (tertiary/aromatic N) is 2. The second-order valence-corrected chi connectivity index (χ2v) is 6.39. The van der Waals surface area contributed by atoms with Crippen LogP contribution in [0.1, 0.15) is 23.2 Å². The SMILES string of the molecule is COc1ccccc1OC1CCN(C(=O)c2ccc3nc[nH]c3c2)CC1. The zero-order valence-electron chi connectivity index (χ0n) is 14.6.